The van der Waals surface area contributed by atoms with Crippen molar-refractivity contribution in [1.82, 2.24) is 19.1 Å². The third kappa shape index (κ3) is 5.46. The van der Waals surface area contributed by atoms with Crippen LogP contribution in [-0.2, 0) is 20.0 Å². The quantitative estimate of drug-likeness (QED) is 0.425. The highest BCUT2D eigenvalue weighted by molar-refractivity contribution is 5.74. The van der Waals surface area contributed by atoms with Gasteiger partial charge in [0.2, 0.25) is 5.95 Å². The van der Waals surface area contributed by atoms with Crippen molar-refractivity contribution in [3.8, 4) is 5.75 Å². The first-order chi connectivity index (χ1) is 17.7. The van der Waals surface area contributed by atoms with E-state index in [0.29, 0.717) is 41.6 Å². The van der Waals surface area contributed by atoms with E-state index in [1.165, 1.54) is 22.8 Å². The molecule has 37 heavy (non-hydrogen) atoms. The van der Waals surface area contributed by atoms with Crippen LogP contribution < -0.4 is 20.9 Å². The van der Waals surface area contributed by atoms with Gasteiger partial charge >= 0.3 is 6.36 Å². The smallest absolute Gasteiger partial charge is 0.406 e. The fourth-order valence-electron chi connectivity index (χ4n) is 4.73. The van der Waals surface area contributed by atoms with Crippen molar-refractivity contribution < 1.29 is 17.9 Å². The number of hydrogen-bond acceptors (Lipinski definition) is 6. The van der Waals surface area contributed by atoms with Crippen LogP contribution in [0.1, 0.15) is 29.8 Å². The second-order valence-electron chi connectivity index (χ2n) is 9.27. The van der Waals surface area contributed by atoms with Crippen LogP contribution in [0, 0.1) is 0 Å². The highest BCUT2D eigenvalue weighted by Gasteiger charge is 2.31. The van der Waals surface area contributed by atoms with E-state index in [1.54, 1.807) is 13.1 Å². The molecule has 4 aromatic rings. The lowest BCUT2D eigenvalue weighted by Crippen LogP contribution is -2.44. The molecule has 1 unspecified atom stereocenters. The maximum atomic E-state index is 13.6. The number of fused-ring (bicyclic) bond motifs is 1. The lowest BCUT2D eigenvalue weighted by Gasteiger charge is -2.31. The summed E-state index contributed by atoms with van der Waals surface area (Å²) in [5.41, 5.74) is 8.16. The molecule has 1 aliphatic heterocycles. The predicted molar refractivity (Wildman–Crippen MR) is 134 cm³/mol. The molecule has 1 aliphatic rings. The molecule has 0 bridgehead atoms. The van der Waals surface area contributed by atoms with Crippen LogP contribution in [-0.4, -0.2) is 44.6 Å². The summed E-state index contributed by atoms with van der Waals surface area (Å²) in [7, 11) is 1.61. The molecule has 0 radical (unpaired) electrons. The number of anilines is 1. The minimum atomic E-state index is -4.79. The van der Waals surface area contributed by atoms with Crippen molar-refractivity contribution in [2.75, 3.05) is 18.0 Å². The van der Waals surface area contributed by atoms with E-state index in [9.17, 15) is 18.0 Å². The monoisotopic (exact) mass is 512 g/mol. The van der Waals surface area contributed by atoms with E-state index < -0.39 is 6.36 Å². The number of imidazole rings is 1. The van der Waals surface area contributed by atoms with Crippen molar-refractivity contribution in [3.05, 3.63) is 81.9 Å². The van der Waals surface area contributed by atoms with E-state index >= 15 is 0 Å². The second-order valence-corrected chi connectivity index (χ2v) is 9.27. The van der Waals surface area contributed by atoms with E-state index in [-0.39, 0.29) is 23.8 Å². The van der Waals surface area contributed by atoms with Crippen molar-refractivity contribution in [2.24, 2.45) is 12.8 Å². The molecule has 0 aliphatic carbocycles. The maximum Gasteiger partial charge on any atom is 0.573 e. The molecular weight excluding hydrogens is 485 g/mol. The van der Waals surface area contributed by atoms with Gasteiger partial charge < -0.3 is 15.4 Å². The average molecular weight is 513 g/mol. The van der Waals surface area contributed by atoms with E-state index in [1.807, 2.05) is 34.9 Å². The van der Waals surface area contributed by atoms with Crippen LogP contribution in [0.4, 0.5) is 19.1 Å². The standard InChI is InChI=1S/C26H27F3N6O2/c1-33-21(14-18-9-5-11-20(13-18)37-26(27,28)29)31-23-22(24(33)36)35(15-17-7-3-2-4-8-17)25(32-23)34-12-6-10-19(30)16-34/h2-5,7-9,11,13,19H,6,10,12,14-16,30H2,1H3. The first-order valence-corrected chi connectivity index (χ1v) is 12.0. The number of ether oxygens (including phenoxy) is 1. The highest BCUT2D eigenvalue weighted by Crippen LogP contribution is 2.26. The number of aromatic nitrogens is 4. The van der Waals surface area contributed by atoms with Crippen LogP contribution in [0.2, 0.25) is 0 Å². The fourth-order valence-corrected chi connectivity index (χ4v) is 4.73. The summed E-state index contributed by atoms with van der Waals surface area (Å²) in [5.74, 6) is 0.691. The van der Waals surface area contributed by atoms with Crippen molar-refractivity contribution in [2.45, 2.75) is 38.2 Å². The van der Waals surface area contributed by atoms with Gasteiger partial charge in [0.15, 0.2) is 11.2 Å². The first kappa shape index (κ1) is 24.8. The Morgan fingerprint density at radius 3 is 2.57 bits per heavy atom. The van der Waals surface area contributed by atoms with Crippen LogP contribution in [0.15, 0.2) is 59.4 Å². The lowest BCUT2D eigenvalue weighted by molar-refractivity contribution is -0.274. The van der Waals surface area contributed by atoms with Gasteiger partial charge in [0.1, 0.15) is 11.6 Å². The largest absolute Gasteiger partial charge is 0.573 e. The fraction of sp³-hybridized carbons (Fsp3) is 0.346. The molecule has 1 saturated heterocycles. The maximum absolute atomic E-state index is 13.6. The molecule has 1 atom stereocenters. The lowest BCUT2D eigenvalue weighted by atomic mass is 10.1. The van der Waals surface area contributed by atoms with Crippen LogP contribution >= 0.6 is 0 Å². The predicted octanol–water partition coefficient (Wildman–Crippen LogP) is 3.60. The minimum absolute atomic E-state index is 0.0104. The zero-order valence-corrected chi connectivity index (χ0v) is 20.3. The van der Waals surface area contributed by atoms with E-state index in [4.69, 9.17) is 10.7 Å². The normalized spacial score (nSPS) is 16.4. The summed E-state index contributed by atoms with van der Waals surface area (Å²) in [6.07, 6.45) is -2.81. The summed E-state index contributed by atoms with van der Waals surface area (Å²) in [6.45, 7) is 1.83. The van der Waals surface area contributed by atoms with Gasteiger partial charge in [0.25, 0.3) is 5.56 Å². The van der Waals surface area contributed by atoms with Gasteiger partial charge in [0.05, 0.1) is 6.54 Å². The number of rotatable bonds is 6. The van der Waals surface area contributed by atoms with Crippen LogP contribution in [0.3, 0.4) is 0 Å². The molecule has 2 aromatic carbocycles. The Labute approximate surface area is 211 Å². The molecule has 11 heteroatoms. The van der Waals surface area contributed by atoms with Gasteiger partial charge in [-0.15, -0.1) is 13.2 Å². The molecule has 0 amide bonds. The molecule has 8 nitrogen and oxygen atoms in total. The van der Waals surface area contributed by atoms with Crippen molar-refractivity contribution >= 4 is 17.1 Å². The number of hydrogen-bond donors (Lipinski definition) is 1. The Hall–Kier alpha value is -3.86. The molecule has 0 spiro atoms. The Kier molecular flexibility index (Phi) is 6.63. The molecule has 1 fully saturated rings. The third-order valence-electron chi connectivity index (χ3n) is 6.48. The Balaban J connectivity index is 1.57. The van der Waals surface area contributed by atoms with Gasteiger partial charge in [-0.25, -0.2) is 4.98 Å². The number of piperidine rings is 1. The molecular formula is C26H27F3N6O2. The van der Waals surface area contributed by atoms with Crippen molar-refractivity contribution in [3.63, 3.8) is 0 Å². The number of alkyl halides is 3. The number of nitrogens with two attached hydrogens (primary N) is 1. The van der Waals surface area contributed by atoms with E-state index in [0.717, 1.165) is 24.9 Å². The summed E-state index contributed by atoms with van der Waals surface area (Å²) in [5, 5.41) is 0. The Morgan fingerprint density at radius 1 is 1.08 bits per heavy atom. The van der Waals surface area contributed by atoms with Gasteiger partial charge in [-0.05, 0) is 36.1 Å². The molecule has 3 heterocycles. The average Bonchev–Trinajstić information content (AvgIpc) is 3.20. The zero-order valence-electron chi connectivity index (χ0n) is 20.3. The topological polar surface area (TPSA) is 91.2 Å². The summed E-state index contributed by atoms with van der Waals surface area (Å²) in [6, 6.07) is 15.4. The summed E-state index contributed by atoms with van der Waals surface area (Å²) in [4.78, 5) is 25.2. The SMILES string of the molecule is Cn1c(Cc2cccc(OC(F)(F)F)c2)nc2nc(N3CCCC(N)C3)n(Cc3ccccc3)c2c1=O. The summed E-state index contributed by atoms with van der Waals surface area (Å²) < 4.78 is 45.3. The summed E-state index contributed by atoms with van der Waals surface area (Å²) >= 11 is 0. The molecule has 2 aromatic heterocycles. The molecule has 194 valence electrons. The van der Waals surface area contributed by atoms with Crippen molar-refractivity contribution in [1.29, 1.82) is 0 Å². The number of benzene rings is 2. The number of nitrogens with zero attached hydrogens (tertiary/aromatic N) is 5. The first-order valence-electron chi connectivity index (χ1n) is 12.0. The van der Waals surface area contributed by atoms with Gasteiger partial charge in [-0.1, -0.05) is 42.5 Å². The van der Waals surface area contributed by atoms with Gasteiger partial charge in [-0.3, -0.25) is 13.9 Å². The highest BCUT2D eigenvalue weighted by atomic mass is 19.4. The van der Waals surface area contributed by atoms with E-state index in [2.05, 4.69) is 14.6 Å². The zero-order chi connectivity index (χ0) is 26.2. The second kappa shape index (κ2) is 9.89. The molecule has 0 saturated carbocycles. The minimum Gasteiger partial charge on any atom is -0.406 e. The van der Waals surface area contributed by atoms with Crippen LogP contribution in [0.5, 0.6) is 5.75 Å². The Morgan fingerprint density at radius 2 is 1.84 bits per heavy atom. The van der Waals surface area contributed by atoms with Gasteiger partial charge in [-0.2, -0.15) is 4.98 Å². The number of halogens is 3. The van der Waals surface area contributed by atoms with Gasteiger partial charge in [0, 0.05) is 32.6 Å². The third-order valence-corrected chi connectivity index (χ3v) is 6.48. The molecule has 2 N–H and O–H groups in total. The molecule has 5 rings (SSSR count). The van der Waals surface area contributed by atoms with Crippen LogP contribution in [0.25, 0.3) is 11.2 Å². The Bertz CT molecular complexity index is 1470.